The molecule has 0 aliphatic carbocycles. The molecule has 0 fully saturated rings. The number of rotatable bonds is 4. The zero-order chi connectivity index (χ0) is 19.7. The van der Waals surface area contributed by atoms with Crippen LogP contribution in [0.15, 0.2) is 36.4 Å². The molecule has 26 heavy (non-hydrogen) atoms. The largest absolute Gasteiger partial charge is 0.299 e. The minimum Gasteiger partial charge on any atom is -0.299 e. The van der Waals surface area contributed by atoms with Gasteiger partial charge in [-0.15, -0.1) is 0 Å². The third kappa shape index (κ3) is 5.34. The first kappa shape index (κ1) is 21.0. The number of Topliss-reactive ketones (excluding diaryl/α,β-unsaturated/α-hetero) is 1. The quantitative estimate of drug-likeness (QED) is 0.552. The van der Waals surface area contributed by atoms with Crippen LogP contribution >= 0.6 is 23.2 Å². The van der Waals surface area contributed by atoms with Gasteiger partial charge in [-0.2, -0.15) is 0 Å². The average Bonchev–Trinajstić information content (AvgIpc) is 2.49. The van der Waals surface area contributed by atoms with Gasteiger partial charge in [-0.1, -0.05) is 76.9 Å². The van der Waals surface area contributed by atoms with Gasteiger partial charge in [0.25, 0.3) is 0 Å². The molecule has 0 N–H and O–H groups in total. The first-order valence-corrected chi connectivity index (χ1v) is 9.73. The lowest BCUT2D eigenvalue weighted by atomic mass is 9.80. The summed E-state index contributed by atoms with van der Waals surface area (Å²) in [6.45, 7) is 12.9. The molecule has 0 radical (unpaired) electrons. The Morgan fingerprint density at radius 1 is 0.731 bits per heavy atom. The summed E-state index contributed by atoms with van der Waals surface area (Å²) in [7, 11) is 0. The molecule has 0 heterocycles. The molecule has 1 nitrogen and oxygen atoms in total. The molecule has 0 aromatic heterocycles. The second-order valence-corrected chi connectivity index (χ2v) is 9.87. The van der Waals surface area contributed by atoms with Gasteiger partial charge < -0.3 is 0 Å². The molecule has 0 bridgehead atoms. The Balaban J connectivity index is 2.29. The molecule has 2 aromatic rings. The molecule has 2 rings (SSSR count). The summed E-state index contributed by atoms with van der Waals surface area (Å²) in [4.78, 5) is 12.8. The Hall–Kier alpha value is -1.31. The molecule has 0 aliphatic heterocycles. The van der Waals surface area contributed by atoms with Gasteiger partial charge in [-0.05, 0) is 57.3 Å². The number of halogens is 2. The molecule has 140 valence electrons. The summed E-state index contributed by atoms with van der Waals surface area (Å²) in [6.07, 6.45) is 0.825. The van der Waals surface area contributed by atoms with Crippen molar-refractivity contribution in [1.82, 2.24) is 0 Å². The van der Waals surface area contributed by atoms with Crippen molar-refractivity contribution in [1.29, 1.82) is 0 Å². The van der Waals surface area contributed by atoms with Gasteiger partial charge in [0.1, 0.15) is 5.78 Å². The molecule has 0 aliphatic rings. The minimum absolute atomic E-state index is 0.0582. The standard InChI is InChI=1S/C23H28Cl2O/c1-22(2,3)20-13-17(24)9-7-15(20)11-19(26)12-16-8-10-18(25)14-21(16)23(4,5)6/h7-10,13-14H,11-12H2,1-6H3. The van der Waals surface area contributed by atoms with Crippen molar-refractivity contribution in [2.75, 3.05) is 0 Å². The highest BCUT2D eigenvalue weighted by atomic mass is 35.5. The molecule has 0 amide bonds. The van der Waals surface area contributed by atoms with E-state index in [2.05, 4.69) is 41.5 Å². The summed E-state index contributed by atoms with van der Waals surface area (Å²) in [5, 5.41) is 1.41. The fraction of sp³-hybridized carbons (Fsp3) is 0.435. The monoisotopic (exact) mass is 390 g/mol. The predicted molar refractivity (Wildman–Crippen MR) is 113 cm³/mol. The van der Waals surface area contributed by atoms with E-state index in [1.807, 2.05) is 36.4 Å². The second kappa shape index (κ2) is 7.74. The van der Waals surface area contributed by atoms with Crippen LogP contribution in [0.1, 0.15) is 63.8 Å². The first-order valence-electron chi connectivity index (χ1n) is 8.97. The SMILES string of the molecule is CC(C)(C)c1cc(Cl)ccc1CC(=O)Cc1ccc(Cl)cc1C(C)(C)C. The van der Waals surface area contributed by atoms with Crippen molar-refractivity contribution in [2.24, 2.45) is 0 Å². The van der Waals surface area contributed by atoms with E-state index in [4.69, 9.17) is 23.2 Å². The van der Waals surface area contributed by atoms with Crippen LogP contribution in [0.5, 0.6) is 0 Å². The normalized spacial score (nSPS) is 12.3. The van der Waals surface area contributed by atoms with E-state index in [0.29, 0.717) is 22.9 Å². The van der Waals surface area contributed by atoms with Crippen LogP contribution in [0.4, 0.5) is 0 Å². The van der Waals surface area contributed by atoms with E-state index in [1.54, 1.807) is 0 Å². The van der Waals surface area contributed by atoms with Crippen molar-refractivity contribution >= 4 is 29.0 Å². The second-order valence-electron chi connectivity index (χ2n) is 9.00. The third-order valence-electron chi connectivity index (χ3n) is 4.54. The van der Waals surface area contributed by atoms with Crippen LogP contribution in [-0.2, 0) is 28.5 Å². The van der Waals surface area contributed by atoms with Crippen LogP contribution in [0, 0.1) is 0 Å². The Morgan fingerprint density at radius 2 is 1.08 bits per heavy atom. The Bertz CT molecular complexity index is 740. The van der Waals surface area contributed by atoms with Crippen molar-refractivity contribution in [2.45, 2.75) is 65.2 Å². The number of carbonyl (C=O) groups excluding carboxylic acids is 1. The Morgan fingerprint density at radius 3 is 1.38 bits per heavy atom. The fourth-order valence-electron chi connectivity index (χ4n) is 3.29. The lowest BCUT2D eigenvalue weighted by molar-refractivity contribution is -0.117. The van der Waals surface area contributed by atoms with Crippen LogP contribution in [0.3, 0.4) is 0 Å². The maximum absolute atomic E-state index is 12.8. The van der Waals surface area contributed by atoms with Gasteiger partial charge >= 0.3 is 0 Å². The van der Waals surface area contributed by atoms with Crippen LogP contribution in [-0.4, -0.2) is 5.78 Å². The van der Waals surface area contributed by atoms with Gasteiger partial charge in [-0.25, -0.2) is 0 Å². The van der Waals surface area contributed by atoms with Gasteiger partial charge in [-0.3, -0.25) is 4.79 Å². The summed E-state index contributed by atoms with van der Waals surface area (Å²) in [5.41, 5.74) is 4.25. The average molecular weight is 391 g/mol. The number of hydrogen-bond acceptors (Lipinski definition) is 1. The molecule has 2 aromatic carbocycles. The lowest BCUT2D eigenvalue weighted by Crippen LogP contribution is -2.19. The molecule has 0 saturated carbocycles. The predicted octanol–water partition coefficient (Wildman–Crippen LogP) is 6.94. The summed E-state index contributed by atoms with van der Waals surface area (Å²) in [6, 6.07) is 11.6. The van der Waals surface area contributed by atoms with Gasteiger partial charge in [0, 0.05) is 22.9 Å². The van der Waals surface area contributed by atoms with Crippen LogP contribution in [0.25, 0.3) is 0 Å². The molecule has 0 saturated heterocycles. The van der Waals surface area contributed by atoms with Crippen LogP contribution < -0.4 is 0 Å². The zero-order valence-corrected chi connectivity index (χ0v) is 18.1. The van der Waals surface area contributed by atoms with E-state index < -0.39 is 0 Å². The smallest absolute Gasteiger partial charge is 0.141 e. The highest BCUT2D eigenvalue weighted by Crippen LogP contribution is 2.31. The van der Waals surface area contributed by atoms with Crippen molar-refractivity contribution < 1.29 is 4.79 Å². The number of carbonyl (C=O) groups is 1. The minimum atomic E-state index is -0.0582. The highest BCUT2D eigenvalue weighted by molar-refractivity contribution is 6.31. The molecule has 3 heteroatoms. The van der Waals surface area contributed by atoms with Gasteiger partial charge in [0.2, 0.25) is 0 Å². The van der Waals surface area contributed by atoms with E-state index in [-0.39, 0.29) is 16.6 Å². The van der Waals surface area contributed by atoms with E-state index in [1.165, 1.54) is 0 Å². The van der Waals surface area contributed by atoms with Crippen LogP contribution in [0.2, 0.25) is 10.0 Å². The zero-order valence-electron chi connectivity index (χ0n) is 16.5. The lowest BCUT2D eigenvalue weighted by Gasteiger charge is -2.24. The number of ketones is 1. The van der Waals surface area contributed by atoms with Gasteiger partial charge in [0.05, 0.1) is 0 Å². The number of hydrogen-bond donors (Lipinski definition) is 0. The maximum Gasteiger partial charge on any atom is 0.141 e. The first-order chi connectivity index (χ1) is 11.9. The summed E-state index contributed by atoms with van der Waals surface area (Å²) in [5.74, 6) is 0.200. The number of benzene rings is 2. The highest BCUT2D eigenvalue weighted by Gasteiger charge is 2.22. The molecule has 0 unspecified atom stereocenters. The van der Waals surface area contributed by atoms with Gasteiger partial charge in [0.15, 0.2) is 0 Å². The topological polar surface area (TPSA) is 17.1 Å². The van der Waals surface area contributed by atoms with Crippen molar-refractivity contribution in [3.8, 4) is 0 Å². The Kier molecular flexibility index (Phi) is 6.25. The van der Waals surface area contributed by atoms with E-state index in [0.717, 1.165) is 22.3 Å². The molecular formula is C23H28Cl2O. The summed E-state index contributed by atoms with van der Waals surface area (Å²) >= 11 is 12.4. The third-order valence-corrected chi connectivity index (χ3v) is 5.01. The maximum atomic E-state index is 12.8. The fourth-order valence-corrected chi connectivity index (χ4v) is 3.63. The molecular weight excluding hydrogens is 363 g/mol. The Labute approximate surface area is 167 Å². The van der Waals surface area contributed by atoms with Crippen molar-refractivity contribution in [3.05, 3.63) is 68.7 Å². The molecule has 0 atom stereocenters. The summed E-state index contributed by atoms with van der Waals surface area (Å²) < 4.78 is 0. The van der Waals surface area contributed by atoms with E-state index >= 15 is 0 Å². The van der Waals surface area contributed by atoms with E-state index in [9.17, 15) is 4.79 Å². The molecule has 0 spiro atoms. The van der Waals surface area contributed by atoms with Crippen molar-refractivity contribution in [3.63, 3.8) is 0 Å².